The van der Waals surface area contributed by atoms with Crippen molar-refractivity contribution in [3.8, 4) is 0 Å². The zero-order valence-electron chi connectivity index (χ0n) is 6.33. The Labute approximate surface area is 66.0 Å². The topological polar surface area (TPSA) is 47.0 Å². The summed E-state index contributed by atoms with van der Waals surface area (Å²) in [5, 5.41) is 0. The van der Waals surface area contributed by atoms with Crippen LogP contribution < -0.4 is 0 Å². The first-order valence-corrected chi connectivity index (χ1v) is 4.93. The monoisotopic (exact) mass is 170 g/mol. The second-order valence-electron chi connectivity index (χ2n) is 2.32. The van der Waals surface area contributed by atoms with E-state index in [1.807, 2.05) is 0 Å². The van der Waals surface area contributed by atoms with E-state index < -0.39 is 9.84 Å². The summed E-state index contributed by atoms with van der Waals surface area (Å²) in [6.07, 6.45) is 2.52. The van der Waals surface area contributed by atoms with E-state index in [9.17, 15) is 8.42 Å². The molecule has 0 aromatic carbocycles. The number of aryl methyl sites for hydroxylation is 1. The zero-order valence-corrected chi connectivity index (χ0v) is 7.14. The first kappa shape index (κ1) is 8.20. The Morgan fingerprint density at radius 3 is 2.55 bits per heavy atom. The molecule has 0 saturated carbocycles. The van der Waals surface area contributed by atoms with Gasteiger partial charge in [0.05, 0.1) is 4.90 Å². The second kappa shape index (κ2) is 2.62. The predicted octanol–water partition coefficient (Wildman–Crippen LogP) is 0.594. The van der Waals surface area contributed by atoms with E-state index in [4.69, 9.17) is 0 Å². The average molecular weight is 170 g/mol. The van der Waals surface area contributed by atoms with Crippen LogP contribution in [0.1, 0.15) is 5.69 Å². The lowest BCUT2D eigenvalue weighted by molar-refractivity contribution is 0.601. The molecular weight excluding hydrogens is 162 g/mol. The van der Waals surface area contributed by atoms with Gasteiger partial charge in [-0.25, -0.2) is 8.42 Å². The third-order valence-electron chi connectivity index (χ3n) is 1.21. The van der Waals surface area contributed by atoms with Crippen molar-refractivity contribution in [2.24, 2.45) is 0 Å². The number of rotatable bonds is 1. The number of pyridine rings is 1. The molecule has 1 aromatic heterocycles. The molecule has 0 spiro atoms. The largest absolute Gasteiger partial charge is 0.261 e. The van der Waals surface area contributed by atoms with Gasteiger partial charge in [-0.3, -0.25) is 4.98 Å². The third-order valence-corrected chi connectivity index (χ3v) is 2.25. The third kappa shape index (κ3) is 2.01. The predicted molar refractivity (Wildman–Crippen MR) is 40.9 cm³/mol. The Hall–Kier alpha value is -0.900. The Balaban J connectivity index is 3.28. The van der Waals surface area contributed by atoms with Crippen molar-refractivity contribution >= 4 is 9.84 Å². The van der Waals surface area contributed by atoms with Gasteiger partial charge >= 0.3 is 0 Å². The van der Waals surface area contributed by atoms with Crippen molar-refractivity contribution in [3.05, 3.63) is 24.0 Å². The van der Waals surface area contributed by atoms with Crippen LogP contribution in [0.15, 0.2) is 17.2 Å². The van der Waals surface area contributed by atoms with Crippen molar-refractivity contribution < 1.29 is 8.42 Å². The fourth-order valence-electron chi connectivity index (χ4n) is 0.680. The lowest BCUT2D eigenvalue weighted by Crippen LogP contribution is -1.98. The number of aromatic nitrogens is 1. The van der Waals surface area contributed by atoms with Crippen molar-refractivity contribution in [1.29, 1.82) is 0 Å². The van der Waals surface area contributed by atoms with E-state index in [2.05, 4.69) is 11.1 Å². The molecule has 0 aliphatic carbocycles. The van der Waals surface area contributed by atoms with Crippen LogP contribution in [0.5, 0.6) is 0 Å². The normalized spacial score (nSPS) is 11.5. The fraction of sp³-hybridized carbons (Fsp3) is 0.286. The molecule has 0 bridgehead atoms. The molecule has 0 unspecified atom stereocenters. The molecule has 1 heterocycles. The maximum atomic E-state index is 10.9. The van der Waals surface area contributed by atoms with E-state index >= 15 is 0 Å². The first-order chi connectivity index (χ1) is 5.00. The lowest BCUT2D eigenvalue weighted by Gasteiger charge is -1.96. The summed E-state index contributed by atoms with van der Waals surface area (Å²) in [5.41, 5.74) is 0.684. The van der Waals surface area contributed by atoms with Crippen molar-refractivity contribution in [3.63, 3.8) is 0 Å². The van der Waals surface area contributed by atoms with E-state index in [0.717, 1.165) is 6.26 Å². The minimum atomic E-state index is -3.12. The summed E-state index contributed by atoms with van der Waals surface area (Å²) in [6.45, 7) is 1.74. The standard InChI is InChI=1S/C7H8NO2S/c1-6-5-7(3-4-8-6)11(2,9)10/h4-5H,1-2H3. The zero-order chi connectivity index (χ0) is 8.48. The van der Waals surface area contributed by atoms with Crippen LogP contribution in [0.25, 0.3) is 0 Å². The van der Waals surface area contributed by atoms with Crippen LogP contribution in [0.4, 0.5) is 0 Å². The Morgan fingerprint density at radius 2 is 2.18 bits per heavy atom. The van der Waals surface area contributed by atoms with Gasteiger partial charge in [-0.05, 0) is 13.0 Å². The summed E-state index contributed by atoms with van der Waals surface area (Å²) in [5.74, 6) is 0. The molecule has 1 aromatic rings. The molecule has 0 atom stereocenters. The molecule has 11 heavy (non-hydrogen) atoms. The van der Waals surface area contributed by atoms with E-state index in [1.165, 1.54) is 12.3 Å². The van der Waals surface area contributed by atoms with Gasteiger partial charge in [-0.2, -0.15) is 0 Å². The average Bonchev–Trinajstić information content (AvgIpc) is 1.86. The molecule has 1 rings (SSSR count). The summed E-state index contributed by atoms with van der Waals surface area (Å²) < 4.78 is 21.9. The number of sulfone groups is 1. The van der Waals surface area contributed by atoms with E-state index in [0.29, 0.717) is 5.69 Å². The number of nitrogens with zero attached hydrogens (tertiary/aromatic N) is 1. The van der Waals surface area contributed by atoms with Crippen LogP contribution in [0.2, 0.25) is 0 Å². The Morgan fingerprint density at radius 1 is 1.55 bits per heavy atom. The fourth-order valence-corrected chi connectivity index (χ4v) is 1.33. The quantitative estimate of drug-likeness (QED) is 0.619. The molecule has 0 saturated heterocycles. The Bertz CT molecular complexity index is 356. The molecular formula is C7H8NO2S. The smallest absolute Gasteiger partial charge is 0.176 e. The van der Waals surface area contributed by atoms with Crippen molar-refractivity contribution in [2.45, 2.75) is 11.8 Å². The summed E-state index contributed by atoms with van der Waals surface area (Å²) in [6, 6.07) is 4.05. The number of hydrogen-bond donors (Lipinski definition) is 0. The Kier molecular flexibility index (Phi) is 1.95. The highest BCUT2D eigenvalue weighted by atomic mass is 32.2. The summed E-state index contributed by atoms with van der Waals surface area (Å²) in [7, 11) is -3.12. The molecule has 4 heteroatoms. The molecule has 0 fully saturated rings. The number of hydrogen-bond acceptors (Lipinski definition) is 3. The molecule has 59 valence electrons. The SMILES string of the molecule is Cc1cc(S(C)(=O)=O)[c]cn1. The van der Waals surface area contributed by atoms with Crippen LogP contribution in [0, 0.1) is 13.0 Å². The molecule has 0 amide bonds. The molecule has 0 aliphatic heterocycles. The highest BCUT2D eigenvalue weighted by Crippen LogP contribution is 2.06. The van der Waals surface area contributed by atoms with E-state index in [-0.39, 0.29) is 4.90 Å². The van der Waals surface area contributed by atoms with Gasteiger partial charge in [0.15, 0.2) is 9.84 Å². The van der Waals surface area contributed by atoms with Crippen LogP contribution in [-0.2, 0) is 9.84 Å². The molecule has 3 nitrogen and oxygen atoms in total. The van der Waals surface area contributed by atoms with Gasteiger partial charge in [0.25, 0.3) is 0 Å². The van der Waals surface area contributed by atoms with Gasteiger partial charge in [0, 0.05) is 24.2 Å². The van der Waals surface area contributed by atoms with Gasteiger partial charge in [-0.1, -0.05) is 0 Å². The highest BCUT2D eigenvalue weighted by Gasteiger charge is 2.06. The molecule has 0 N–H and O–H groups in total. The van der Waals surface area contributed by atoms with Crippen molar-refractivity contribution in [1.82, 2.24) is 4.98 Å². The molecule has 0 aliphatic rings. The van der Waals surface area contributed by atoms with Gasteiger partial charge in [0.1, 0.15) is 0 Å². The molecule has 1 radical (unpaired) electrons. The van der Waals surface area contributed by atoms with Crippen LogP contribution >= 0.6 is 0 Å². The van der Waals surface area contributed by atoms with E-state index in [1.54, 1.807) is 6.92 Å². The maximum Gasteiger partial charge on any atom is 0.176 e. The second-order valence-corrected chi connectivity index (χ2v) is 4.31. The first-order valence-electron chi connectivity index (χ1n) is 3.04. The minimum absolute atomic E-state index is 0.199. The van der Waals surface area contributed by atoms with Gasteiger partial charge < -0.3 is 0 Å². The van der Waals surface area contributed by atoms with Crippen molar-refractivity contribution in [2.75, 3.05) is 6.26 Å². The van der Waals surface area contributed by atoms with Crippen LogP contribution in [0.3, 0.4) is 0 Å². The van der Waals surface area contributed by atoms with Gasteiger partial charge in [0.2, 0.25) is 0 Å². The summed E-state index contributed by atoms with van der Waals surface area (Å²) >= 11 is 0. The highest BCUT2D eigenvalue weighted by molar-refractivity contribution is 7.90. The summed E-state index contributed by atoms with van der Waals surface area (Å²) in [4.78, 5) is 4.03. The van der Waals surface area contributed by atoms with Gasteiger partial charge in [-0.15, -0.1) is 0 Å². The lowest BCUT2D eigenvalue weighted by atomic mass is 10.4. The van der Waals surface area contributed by atoms with Crippen LogP contribution in [-0.4, -0.2) is 19.7 Å². The minimum Gasteiger partial charge on any atom is -0.261 e. The maximum absolute atomic E-state index is 10.9.